The molecule has 2 amide bonds. The topological polar surface area (TPSA) is 84.7 Å². The van der Waals surface area contributed by atoms with Crippen LogP contribution in [0.4, 0.5) is 5.69 Å². The largest absolute Gasteiger partial charge is 0.496 e. The van der Waals surface area contributed by atoms with Gasteiger partial charge in [0.15, 0.2) is 0 Å². The van der Waals surface area contributed by atoms with E-state index in [9.17, 15) is 9.59 Å². The van der Waals surface area contributed by atoms with E-state index < -0.39 is 6.04 Å². The third-order valence-corrected chi connectivity index (χ3v) is 3.52. The van der Waals surface area contributed by atoms with E-state index in [1.54, 1.807) is 30.1 Å². The molecule has 0 aromatic heterocycles. The predicted octanol–water partition coefficient (Wildman–Crippen LogP) is 0.628. The second-order valence-corrected chi connectivity index (χ2v) is 4.73. The molecule has 1 fully saturated rings. The first-order valence-corrected chi connectivity index (χ1v) is 6.54. The number of likely N-dealkylation sites (tertiary alicyclic amines) is 1. The standard InChI is InChI=1S/C14H19N3O3/c1-16-13(18)11-4-3-7-17(11)14(19)10-8-9(15)5-6-12(10)20-2/h5-6,8,11H,3-4,7,15H2,1-2H3,(H,16,18). The highest BCUT2D eigenvalue weighted by Gasteiger charge is 2.34. The number of nitrogens with two attached hydrogens (primary N) is 1. The van der Waals surface area contributed by atoms with Gasteiger partial charge in [0, 0.05) is 19.3 Å². The minimum atomic E-state index is -0.418. The summed E-state index contributed by atoms with van der Waals surface area (Å²) in [6.07, 6.45) is 1.49. The van der Waals surface area contributed by atoms with E-state index >= 15 is 0 Å². The molecule has 1 aromatic carbocycles. The SMILES string of the molecule is CNC(=O)C1CCCN1C(=O)c1cc(N)ccc1OC. The summed E-state index contributed by atoms with van der Waals surface area (Å²) in [7, 11) is 3.08. The number of methoxy groups -OCH3 is 1. The maximum atomic E-state index is 12.6. The molecule has 1 saturated heterocycles. The fourth-order valence-electron chi connectivity index (χ4n) is 2.50. The molecule has 0 bridgehead atoms. The van der Waals surface area contributed by atoms with Gasteiger partial charge in [0.2, 0.25) is 5.91 Å². The van der Waals surface area contributed by atoms with Gasteiger partial charge in [-0.15, -0.1) is 0 Å². The molecular formula is C14H19N3O3. The van der Waals surface area contributed by atoms with Crippen molar-refractivity contribution >= 4 is 17.5 Å². The van der Waals surface area contributed by atoms with Crippen LogP contribution in [0.2, 0.25) is 0 Å². The van der Waals surface area contributed by atoms with Crippen LogP contribution < -0.4 is 15.8 Å². The Kier molecular flexibility index (Phi) is 4.12. The van der Waals surface area contributed by atoms with Gasteiger partial charge in [-0.3, -0.25) is 9.59 Å². The molecule has 1 aliphatic heterocycles. The second kappa shape index (κ2) is 5.81. The molecule has 108 valence electrons. The Balaban J connectivity index is 2.31. The summed E-state index contributed by atoms with van der Waals surface area (Å²) in [5.74, 6) is 0.103. The van der Waals surface area contributed by atoms with Gasteiger partial charge in [-0.1, -0.05) is 0 Å². The van der Waals surface area contributed by atoms with Crippen LogP contribution in [0.3, 0.4) is 0 Å². The van der Waals surface area contributed by atoms with Crippen LogP contribution in [-0.4, -0.2) is 43.5 Å². The van der Waals surface area contributed by atoms with Crippen molar-refractivity contribution in [3.63, 3.8) is 0 Å². The van der Waals surface area contributed by atoms with E-state index in [0.717, 1.165) is 6.42 Å². The lowest BCUT2D eigenvalue weighted by Gasteiger charge is -2.24. The van der Waals surface area contributed by atoms with Crippen LogP contribution in [0.25, 0.3) is 0 Å². The fourth-order valence-corrected chi connectivity index (χ4v) is 2.50. The van der Waals surface area contributed by atoms with E-state index in [1.165, 1.54) is 7.11 Å². The van der Waals surface area contributed by atoms with Crippen molar-refractivity contribution < 1.29 is 14.3 Å². The smallest absolute Gasteiger partial charge is 0.258 e. The van der Waals surface area contributed by atoms with E-state index in [1.807, 2.05) is 0 Å². The van der Waals surface area contributed by atoms with E-state index in [2.05, 4.69) is 5.32 Å². The summed E-state index contributed by atoms with van der Waals surface area (Å²) in [4.78, 5) is 26.0. The Bertz CT molecular complexity index is 530. The summed E-state index contributed by atoms with van der Waals surface area (Å²) in [5, 5.41) is 2.59. The molecule has 1 aromatic rings. The maximum Gasteiger partial charge on any atom is 0.258 e. The number of amides is 2. The number of nitrogens with one attached hydrogen (secondary N) is 1. The van der Waals surface area contributed by atoms with Crippen LogP contribution >= 0.6 is 0 Å². The first kappa shape index (κ1) is 14.2. The Hall–Kier alpha value is -2.24. The zero-order valence-electron chi connectivity index (χ0n) is 11.7. The lowest BCUT2D eigenvalue weighted by Crippen LogP contribution is -2.45. The number of nitrogens with zero attached hydrogens (tertiary/aromatic N) is 1. The molecule has 20 heavy (non-hydrogen) atoms. The Morgan fingerprint density at radius 2 is 2.20 bits per heavy atom. The number of rotatable bonds is 3. The third-order valence-electron chi connectivity index (χ3n) is 3.52. The van der Waals surface area contributed by atoms with Crippen molar-refractivity contribution in [3.8, 4) is 5.75 Å². The maximum absolute atomic E-state index is 12.6. The Morgan fingerprint density at radius 3 is 2.85 bits per heavy atom. The van der Waals surface area contributed by atoms with Gasteiger partial charge in [-0.05, 0) is 31.0 Å². The van der Waals surface area contributed by atoms with E-state index in [-0.39, 0.29) is 11.8 Å². The summed E-state index contributed by atoms with van der Waals surface area (Å²) >= 11 is 0. The number of carbonyl (C=O) groups is 2. The molecule has 1 unspecified atom stereocenters. The molecule has 1 heterocycles. The van der Waals surface area contributed by atoms with Crippen molar-refractivity contribution in [2.45, 2.75) is 18.9 Å². The molecule has 3 N–H and O–H groups in total. The summed E-state index contributed by atoms with van der Waals surface area (Å²) in [6, 6.07) is 4.50. The highest BCUT2D eigenvalue weighted by atomic mass is 16.5. The molecule has 0 spiro atoms. The predicted molar refractivity (Wildman–Crippen MR) is 75.5 cm³/mol. The van der Waals surface area contributed by atoms with Gasteiger partial charge in [0.25, 0.3) is 5.91 Å². The zero-order valence-corrected chi connectivity index (χ0v) is 11.7. The lowest BCUT2D eigenvalue weighted by atomic mass is 10.1. The second-order valence-electron chi connectivity index (χ2n) is 4.73. The first-order chi connectivity index (χ1) is 9.58. The van der Waals surface area contributed by atoms with Crippen LogP contribution in [-0.2, 0) is 4.79 Å². The minimum Gasteiger partial charge on any atom is -0.496 e. The third kappa shape index (κ3) is 2.54. The van der Waals surface area contributed by atoms with E-state index in [0.29, 0.717) is 30.0 Å². The first-order valence-electron chi connectivity index (χ1n) is 6.54. The highest BCUT2D eigenvalue weighted by Crippen LogP contribution is 2.26. The highest BCUT2D eigenvalue weighted by molar-refractivity contribution is 6.00. The van der Waals surface area contributed by atoms with Gasteiger partial charge in [-0.2, -0.15) is 0 Å². The van der Waals surface area contributed by atoms with Gasteiger partial charge in [0.05, 0.1) is 12.7 Å². The van der Waals surface area contributed by atoms with Crippen LogP contribution in [0.5, 0.6) is 5.75 Å². The van der Waals surface area contributed by atoms with Crippen LogP contribution in [0.1, 0.15) is 23.2 Å². The molecule has 2 rings (SSSR count). The zero-order chi connectivity index (χ0) is 14.7. The van der Waals surface area contributed by atoms with E-state index in [4.69, 9.17) is 10.5 Å². The van der Waals surface area contributed by atoms with Crippen molar-refractivity contribution in [2.75, 3.05) is 26.4 Å². The molecular weight excluding hydrogens is 258 g/mol. The molecule has 1 aliphatic rings. The number of hydrogen-bond acceptors (Lipinski definition) is 4. The minimum absolute atomic E-state index is 0.140. The number of carbonyl (C=O) groups excluding carboxylic acids is 2. The summed E-state index contributed by atoms with van der Waals surface area (Å²) < 4.78 is 5.20. The number of anilines is 1. The van der Waals surface area contributed by atoms with Crippen LogP contribution in [0.15, 0.2) is 18.2 Å². The average Bonchev–Trinajstić information content (AvgIpc) is 2.95. The van der Waals surface area contributed by atoms with Gasteiger partial charge in [-0.25, -0.2) is 0 Å². The molecule has 0 aliphatic carbocycles. The number of benzene rings is 1. The van der Waals surface area contributed by atoms with Gasteiger partial charge < -0.3 is 20.7 Å². The van der Waals surface area contributed by atoms with Crippen molar-refractivity contribution in [3.05, 3.63) is 23.8 Å². The fraction of sp³-hybridized carbons (Fsp3) is 0.429. The molecule has 0 saturated carbocycles. The molecule has 0 radical (unpaired) electrons. The summed E-state index contributed by atoms with van der Waals surface area (Å²) in [5.41, 5.74) is 6.62. The quantitative estimate of drug-likeness (QED) is 0.794. The average molecular weight is 277 g/mol. The van der Waals surface area contributed by atoms with Crippen molar-refractivity contribution in [1.29, 1.82) is 0 Å². The van der Waals surface area contributed by atoms with Gasteiger partial charge in [0.1, 0.15) is 11.8 Å². The van der Waals surface area contributed by atoms with Gasteiger partial charge >= 0.3 is 0 Å². The van der Waals surface area contributed by atoms with Crippen LogP contribution in [0, 0.1) is 0 Å². The Labute approximate surface area is 117 Å². The normalized spacial score (nSPS) is 17.9. The Morgan fingerprint density at radius 1 is 1.45 bits per heavy atom. The molecule has 6 heteroatoms. The number of likely N-dealkylation sites (N-methyl/N-ethyl adjacent to an activating group) is 1. The lowest BCUT2D eigenvalue weighted by molar-refractivity contribution is -0.124. The van der Waals surface area contributed by atoms with Crippen molar-refractivity contribution in [2.24, 2.45) is 0 Å². The van der Waals surface area contributed by atoms with Crippen molar-refractivity contribution in [1.82, 2.24) is 10.2 Å². The summed E-state index contributed by atoms with van der Waals surface area (Å²) in [6.45, 7) is 0.564. The molecule has 1 atom stereocenters. The number of hydrogen-bond donors (Lipinski definition) is 2. The monoisotopic (exact) mass is 277 g/mol. The molecule has 6 nitrogen and oxygen atoms in total. The number of ether oxygens (including phenoxy) is 1. The number of nitrogen functional groups attached to an aromatic ring is 1.